The Morgan fingerprint density at radius 3 is 2.47 bits per heavy atom. The third-order valence-electron chi connectivity index (χ3n) is 3.59. The molecule has 1 aliphatic rings. The first kappa shape index (κ1) is 12.1. The topological polar surface area (TPSA) is 70.1 Å². The molecule has 1 fully saturated rings. The van der Waals surface area contributed by atoms with E-state index in [-0.39, 0.29) is 5.84 Å². The Kier molecular flexibility index (Phi) is 3.79. The van der Waals surface area contributed by atoms with Crippen molar-refractivity contribution in [3.8, 4) is 0 Å². The second-order valence-corrected chi connectivity index (χ2v) is 4.93. The standard InChI is InChI=1S/C14H20N2O/c15-14(16)12-4-1-10(2-5-12)3-6-13(9-17)11-7-8-11/h1-2,4-5,11,13,17H,3,6-9H2,(H3,15,16). The van der Waals surface area contributed by atoms with Gasteiger partial charge in [0.25, 0.3) is 0 Å². The van der Waals surface area contributed by atoms with E-state index in [1.165, 1.54) is 18.4 Å². The molecule has 0 bridgehead atoms. The lowest BCUT2D eigenvalue weighted by molar-refractivity contribution is 0.202. The summed E-state index contributed by atoms with van der Waals surface area (Å²) < 4.78 is 0. The fraction of sp³-hybridized carbons (Fsp3) is 0.500. The summed E-state index contributed by atoms with van der Waals surface area (Å²) >= 11 is 0. The number of hydrogen-bond acceptors (Lipinski definition) is 2. The maximum atomic E-state index is 9.29. The minimum atomic E-state index is 0.114. The minimum Gasteiger partial charge on any atom is -0.396 e. The molecule has 17 heavy (non-hydrogen) atoms. The summed E-state index contributed by atoms with van der Waals surface area (Å²) in [5.41, 5.74) is 7.44. The molecule has 1 saturated carbocycles. The van der Waals surface area contributed by atoms with Crippen LogP contribution >= 0.6 is 0 Å². The fourth-order valence-electron chi connectivity index (χ4n) is 2.25. The molecule has 0 radical (unpaired) electrons. The van der Waals surface area contributed by atoms with Gasteiger partial charge < -0.3 is 10.8 Å². The van der Waals surface area contributed by atoms with E-state index in [4.69, 9.17) is 11.1 Å². The predicted molar refractivity (Wildman–Crippen MR) is 69.1 cm³/mol. The van der Waals surface area contributed by atoms with Crippen LogP contribution in [0.15, 0.2) is 24.3 Å². The fourth-order valence-corrected chi connectivity index (χ4v) is 2.25. The van der Waals surface area contributed by atoms with Crippen molar-refractivity contribution >= 4 is 5.84 Å². The lowest BCUT2D eigenvalue weighted by Crippen LogP contribution is -2.11. The SMILES string of the molecule is N=C(N)c1ccc(CCC(CO)C2CC2)cc1. The summed E-state index contributed by atoms with van der Waals surface area (Å²) in [4.78, 5) is 0. The molecule has 0 heterocycles. The molecule has 0 aromatic heterocycles. The van der Waals surface area contributed by atoms with Crippen molar-refractivity contribution in [2.75, 3.05) is 6.61 Å². The molecule has 1 aromatic carbocycles. The number of hydrogen-bond donors (Lipinski definition) is 3. The largest absolute Gasteiger partial charge is 0.396 e. The first-order valence-corrected chi connectivity index (χ1v) is 6.25. The highest BCUT2D eigenvalue weighted by atomic mass is 16.3. The minimum absolute atomic E-state index is 0.114. The van der Waals surface area contributed by atoms with Gasteiger partial charge >= 0.3 is 0 Å². The van der Waals surface area contributed by atoms with Gasteiger partial charge in [0.15, 0.2) is 0 Å². The third-order valence-corrected chi connectivity index (χ3v) is 3.59. The molecule has 3 heteroatoms. The average Bonchev–Trinajstić information content (AvgIpc) is 3.15. The molecule has 0 saturated heterocycles. The van der Waals surface area contributed by atoms with Gasteiger partial charge in [0, 0.05) is 12.2 Å². The summed E-state index contributed by atoms with van der Waals surface area (Å²) in [6.45, 7) is 0.316. The average molecular weight is 232 g/mol. The summed E-state index contributed by atoms with van der Waals surface area (Å²) in [5, 5.41) is 16.6. The molecule has 3 nitrogen and oxygen atoms in total. The highest BCUT2D eigenvalue weighted by Gasteiger charge is 2.29. The molecule has 1 unspecified atom stereocenters. The van der Waals surface area contributed by atoms with Gasteiger partial charge in [0.05, 0.1) is 0 Å². The van der Waals surface area contributed by atoms with Crippen LogP contribution in [0.4, 0.5) is 0 Å². The normalized spacial score (nSPS) is 16.8. The highest BCUT2D eigenvalue weighted by Crippen LogP contribution is 2.38. The van der Waals surface area contributed by atoms with Crippen molar-refractivity contribution < 1.29 is 5.11 Å². The van der Waals surface area contributed by atoms with Crippen LogP contribution in [0, 0.1) is 17.2 Å². The van der Waals surface area contributed by atoms with E-state index in [1.54, 1.807) is 0 Å². The van der Waals surface area contributed by atoms with Crippen LogP contribution in [0.1, 0.15) is 30.4 Å². The first-order valence-electron chi connectivity index (χ1n) is 6.25. The van der Waals surface area contributed by atoms with Crippen molar-refractivity contribution in [2.24, 2.45) is 17.6 Å². The van der Waals surface area contributed by atoms with Crippen LogP contribution in [0.2, 0.25) is 0 Å². The lowest BCUT2D eigenvalue weighted by atomic mass is 9.95. The van der Waals surface area contributed by atoms with Gasteiger partial charge in [0.2, 0.25) is 0 Å². The van der Waals surface area contributed by atoms with Crippen LogP contribution in [-0.4, -0.2) is 17.5 Å². The van der Waals surface area contributed by atoms with E-state index in [1.807, 2.05) is 24.3 Å². The summed E-state index contributed by atoms with van der Waals surface area (Å²) in [6.07, 6.45) is 4.63. The molecular formula is C14H20N2O. The Balaban J connectivity index is 1.87. The van der Waals surface area contributed by atoms with Crippen LogP contribution in [0.3, 0.4) is 0 Å². The molecule has 0 aliphatic heterocycles. The van der Waals surface area contributed by atoms with Crippen LogP contribution in [0.25, 0.3) is 0 Å². The van der Waals surface area contributed by atoms with Gasteiger partial charge in [-0.05, 0) is 43.1 Å². The van der Waals surface area contributed by atoms with Gasteiger partial charge in [-0.25, -0.2) is 0 Å². The van der Waals surface area contributed by atoms with Crippen molar-refractivity contribution in [3.63, 3.8) is 0 Å². The van der Waals surface area contributed by atoms with Crippen molar-refractivity contribution in [1.29, 1.82) is 5.41 Å². The zero-order valence-corrected chi connectivity index (χ0v) is 10.0. The smallest absolute Gasteiger partial charge is 0.122 e. The van der Waals surface area contributed by atoms with Gasteiger partial charge in [-0.1, -0.05) is 24.3 Å². The second-order valence-electron chi connectivity index (χ2n) is 4.93. The third kappa shape index (κ3) is 3.30. The number of aliphatic hydroxyl groups is 1. The van der Waals surface area contributed by atoms with Gasteiger partial charge in [0.1, 0.15) is 5.84 Å². The van der Waals surface area contributed by atoms with Crippen LogP contribution < -0.4 is 5.73 Å². The first-order chi connectivity index (χ1) is 8.20. The van der Waals surface area contributed by atoms with E-state index < -0.39 is 0 Å². The predicted octanol–water partition coefficient (Wildman–Crippen LogP) is 1.92. The van der Waals surface area contributed by atoms with Gasteiger partial charge in [-0.15, -0.1) is 0 Å². The number of benzene rings is 1. The number of amidine groups is 1. The number of rotatable bonds is 6. The molecule has 1 aliphatic carbocycles. The Hall–Kier alpha value is -1.35. The molecule has 1 atom stereocenters. The quantitative estimate of drug-likeness (QED) is 0.518. The molecule has 4 N–H and O–H groups in total. The molecule has 2 rings (SSSR count). The Labute approximate surface area is 102 Å². The van der Waals surface area contributed by atoms with E-state index >= 15 is 0 Å². The second kappa shape index (κ2) is 5.32. The summed E-state index contributed by atoms with van der Waals surface area (Å²) in [6, 6.07) is 7.83. The van der Waals surface area contributed by atoms with E-state index in [9.17, 15) is 5.11 Å². The zero-order chi connectivity index (χ0) is 12.3. The summed E-state index contributed by atoms with van der Waals surface area (Å²) in [5.74, 6) is 1.35. The van der Waals surface area contributed by atoms with Gasteiger partial charge in [-0.3, -0.25) is 5.41 Å². The molecular weight excluding hydrogens is 212 g/mol. The monoisotopic (exact) mass is 232 g/mol. The maximum absolute atomic E-state index is 9.29. The van der Waals surface area contributed by atoms with E-state index in [2.05, 4.69) is 0 Å². The number of aryl methyl sites for hydroxylation is 1. The molecule has 0 spiro atoms. The molecule has 0 amide bonds. The Bertz CT molecular complexity index is 382. The van der Waals surface area contributed by atoms with E-state index in [0.29, 0.717) is 12.5 Å². The number of nitrogens with two attached hydrogens (primary N) is 1. The number of aliphatic hydroxyl groups excluding tert-OH is 1. The maximum Gasteiger partial charge on any atom is 0.122 e. The molecule has 1 aromatic rings. The van der Waals surface area contributed by atoms with Crippen molar-refractivity contribution in [1.82, 2.24) is 0 Å². The van der Waals surface area contributed by atoms with Gasteiger partial charge in [-0.2, -0.15) is 0 Å². The molecule has 92 valence electrons. The van der Waals surface area contributed by atoms with Crippen LogP contribution in [0.5, 0.6) is 0 Å². The van der Waals surface area contributed by atoms with Crippen molar-refractivity contribution in [3.05, 3.63) is 35.4 Å². The highest BCUT2D eigenvalue weighted by molar-refractivity contribution is 5.94. The lowest BCUT2D eigenvalue weighted by Gasteiger charge is -2.12. The van der Waals surface area contributed by atoms with Crippen LogP contribution in [-0.2, 0) is 6.42 Å². The summed E-state index contributed by atoms with van der Waals surface area (Å²) in [7, 11) is 0. The number of nitrogen functional groups attached to an aromatic ring is 1. The number of nitrogens with one attached hydrogen (secondary N) is 1. The van der Waals surface area contributed by atoms with E-state index in [0.717, 1.165) is 24.3 Å². The Morgan fingerprint density at radius 1 is 1.35 bits per heavy atom. The van der Waals surface area contributed by atoms with Crippen molar-refractivity contribution in [2.45, 2.75) is 25.7 Å². The zero-order valence-electron chi connectivity index (χ0n) is 10.0. The Morgan fingerprint density at radius 2 is 2.00 bits per heavy atom.